The molecule has 5 N–H and O–H groups in total. The van der Waals surface area contributed by atoms with Crippen molar-refractivity contribution < 1.29 is 5.11 Å². The molecule has 0 unspecified atom stereocenters. The Balaban J connectivity index is 1.92. The highest BCUT2D eigenvalue weighted by molar-refractivity contribution is 6.32. The van der Waals surface area contributed by atoms with Crippen LogP contribution in [0.25, 0.3) is 0 Å². The van der Waals surface area contributed by atoms with Gasteiger partial charge in [0.25, 0.3) is 0 Å². The Hall–Kier alpha value is -1.11. The van der Waals surface area contributed by atoms with Crippen LogP contribution >= 0.6 is 11.6 Å². The molecule has 0 radical (unpaired) electrons. The highest BCUT2D eigenvalue weighted by Gasteiger charge is 2.26. The van der Waals surface area contributed by atoms with Crippen molar-refractivity contribution in [3.63, 3.8) is 0 Å². The van der Waals surface area contributed by atoms with Gasteiger partial charge in [0.15, 0.2) is 5.82 Å². The first kappa shape index (κ1) is 11.4. The predicted octanol–water partition coefficient (Wildman–Crippen LogP) is 0.598. The summed E-state index contributed by atoms with van der Waals surface area (Å²) in [6, 6.07) is 0. The van der Waals surface area contributed by atoms with E-state index in [-0.39, 0.29) is 6.10 Å². The summed E-state index contributed by atoms with van der Waals surface area (Å²) in [5.74, 6) is 6.56. The first-order chi connectivity index (χ1) is 7.69. The maximum absolute atomic E-state index is 9.15. The molecule has 1 aromatic rings. The van der Waals surface area contributed by atoms with Crippen LogP contribution in [0, 0.1) is 5.92 Å². The Kier molecular flexibility index (Phi) is 3.42. The van der Waals surface area contributed by atoms with Gasteiger partial charge in [0, 0.05) is 6.54 Å². The van der Waals surface area contributed by atoms with Crippen LogP contribution in [0.3, 0.4) is 0 Å². The smallest absolute Gasteiger partial charge is 0.239 e. The van der Waals surface area contributed by atoms with Gasteiger partial charge in [-0.15, -0.1) is 0 Å². The van der Waals surface area contributed by atoms with E-state index in [2.05, 4.69) is 20.7 Å². The lowest BCUT2D eigenvalue weighted by atomic mass is 9.82. The van der Waals surface area contributed by atoms with E-state index in [1.807, 2.05) is 0 Å². The second-order valence-electron chi connectivity index (χ2n) is 3.91. The van der Waals surface area contributed by atoms with Gasteiger partial charge in [0.1, 0.15) is 5.02 Å². The van der Waals surface area contributed by atoms with Gasteiger partial charge >= 0.3 is 0 Å². The molecule has 0 amide bonds. The number of aliphatic hydroxyl groups excluding tert-OH is 1. The Morgan fingerprint density at radius 1 is 1.56 bits per heavy atom. The molecule has 0 aromatic carbocycles. The Bertz CT molecular complexity index is 369. The van der Waals surface area contributed by atoms with Crippen molar-refractivity contribution >= 4 is 23.4 Å². The zero-order valence-corrected chi connectivity index (χ0v) is 9.41. The third-order valence-corrected chi connectivity index (χ3v) is 2.92. The number of nitrogens with two attached hydrogens (primary N) is 1. The van der Waals surface area contributed by atoms with Crippen LogP contribution in [-0.2, 0) is 0 Å². The zero-order chi connectivity index (χ0) is 11.5. The van der Waals surface area contributed by atoms with Gasteiger partial charge in [-0.1, -0.05) is 11.6 Å². The third kappa shape index (κ3) is 2.52. The van der Waals surface area contributed by atoms with E-state index in [1.165, 1.54) is 6.20 Å². The molecule has 6 nitrogen and oxygen atoms in total. The normalized spacial score (nSPS) is 23.7. The summed E-state index contributed by atoms with van der Waals surface area (Å²) < 4.78 is 0. The highest BCUT2D eigenvalue weighted by atomic mass is 35.5. The van der Waals surface area contributed by atoms with Crippen molar-refractivity contribution in [1.82, 2.24) is 9.97 Å². The zero-order valence-electron chi connectivity index (χ0n) is 8.65. The maximum atomic E-state index is 9.15. The van der Waals surface area contributed by atoms with Crippen molar-refractivity contribution in [1.29, 1.82) is 0 Å². The SMILES string of the molecule is NNc1ncc(Cl)c(NCC2CC(O)C2)n1. The van der Waals surface area contributed by atoms with Gasteiger partial charge in [-0.25, -0.2) is 10.8 Å². The minimum absolute atomic E-state index is 0.144. The fourth-order valence-corrected chi connectivity index (χ4v) is 1.83. The molecular formula is C9H14ClN5O. The average molecular weight is 244 g/mol. The second kappa shape index (κ2) is 4.82. The molecule has 1 aliphatic carbocycles. The molecule has 7 heteroatoms. The third-order valence-electron chi connectivity index (χ3n) is 2.64. The Labute approximate surface area is 98.2 Å². The largest absolute Gasteiger partial charge is 0.393 e. The molecule has 0 aliphatic heterocycles. The fraction of sp³-hybridized carbons (Fsp3) is 0.556. The van der Waals surface area contributed by atoms with Crippen molar-refractivity contribution in [2.75, 3.05) is 17.3 Å². The molecule has 16 heavy (non-hydrogen) atoms. The fourth-order valence-electron chi connectivity index (χ4n) is 1.67. The molecule has 1 aliphatic rings. The molecule has 2 rings (SSSR count). The van der Waals surface area contributed by atoms with E-state index < -0.39 is 0 Å². The molecule has 1 aromatic heterocycles. The number of hydrazine groups is 1. The van der Waals surface area contributed by atoms with Crippen LogP contribution in [0.4, 0.5) is 11.8 Å². The predicted molar refractivity (Wildman–Crippen MR) is 62.1 cm³/mol. The first-order valence-corrected chi connectivity index (χ1v) is 5.48. The molecule has 0 bridgehead atoms. The molecule has 0 saturated heterocycles. The van der Waals surface area contributed by atoms with Gasteiger partial charge in [-0.05, 0) is 18.8 Å². The summed E-state index contributed by atoms with van der Waals surface area (Å²) in [7, 11) is 0. The maximum Gasteiger partial charge on any atom is 0.239 e. The van der Waals surface area contributed by atoms with E-state index in [1.54, 1.807) is 0 Å². The van der Waals surface area contributed by atoms with Crippen LogP contribution in [0.2, 0.25) is 5.02 Å². The number of hydrogen-bond donors (Lipinski definition) is 4. The molecule has 88 valence electrons. The highest BCUT2D eigenvalue weighted by Crippen LogP contribution is 2.28. The van der Waals surface area contributed by atoms with Gasteiger partial charge < -0.3 is 10.4 Å². The van der Waals surface area contributed by atoms with Gasteiger partial charge in [-0.3, -0.25) is 5.43 Å². The lowest BCUT2D eigenvalue weighted by Crippen LogP contribution is -2.33. The van der Waals surface area contributed by atoms with Gasteiger partial charge in [0.05, 0.1) is 12.3 Å². The van der Waals surface area contributed by atoms with Crippen molar-refractivity contribution in [2.24, 2.45) is 11.8 Å². The van der Waals surface area contributed by atoms with Crippen molar-refractivity contribution in [3.8, 4) is 0 Å². The lowest BCUT2D eigenvalue weighted by molar-refractivity contribution is 0.0486. The van der Waals surface area contributed by atoms with Crippen LogP contribution < -0.4 is 16.6 Å². The number of aliphatic hydroxyl groups is 1. The van der Waals surface area contributed by atoms with Gasteiger partial charge in [0.2, 0.25) is 5.95 Å². The minimum Gasteiger partial charge on any atom is -0.393 e. The average Bonchev–Trinajstić information content (AvgIpc) is 2.25. The number of halogens is 1. The number of nitrogens with zero attached hydrogens (tertiary/aromatic N) is 2. The van der Waals surface area contributed by atoms with Crippen LogP contribution in [-0.4, -0.2) is 27.7 Å². The quantitative estimate of drug-likeness (QED) is 0.457. The Morgan fingerprint density at radius 2 is 2.31 bits per heavy atom. The van der Waals surface area contributed by atoms with Crippen molar-refractivity contribution in [2.45, 2.75) is 18.9 Å². The first-order valence-electron chi connectivity index (χ1n) is 5.10. The number of hydrogen-bond acceptors (Lipinski definition) is 6. The summed E-state index contributed by atoms with van der Waals surface area (Å²) in [6.07, 6.45) is 3.01. The van der Waals surface area contributed by atoms with Crippen LogP contribution in [0.15, 0.2) is 6.20 Å². The van der Waals surface area contributed by atoms with E-state index >= 15 is 0 Å². The number of nitrogens with one attached hydrogen (secondary N) is 2. The topological polar surface area (TPSA) is 96.1 Å². The van der Waals surface area contributed by atoms with E-state index in [9.17, 15) is 0 Å². The standard InChI is InChI=1S/C9H14ClN5O/c10-7-4-13-9(15-11)14-8(7)12-3-5-1-6(16)2-5/h4-6,16H,1-3,11H2,(H2,12,13,14,15). The summed E-state index contributed by atoms with van der Waals surface area (Å²) >= 11 is 5.92. The summed E-state index contributed by atoms with van der Waals surface area (Å²) in [4.78, 5) is 7.96. The summed E-state index contributed by atoms with van der Waals surface area (Å²) in [5.41, 5.74) is 2.36. The minimum atomic E-state index is -0.144. The Morgan fingerprint density at radius 3 is 2.94 bits per heavy atom. The molecule has 0 spiro atoms. The molecule has 1 saturated carbocycles. The monoisotopic (exact) mass is 243 g/mol. The molecular weight excluding hydrogens is 230 g/mol. The van der Waals surface area contributed by atoms with E-state index in [0.717, 1.165) is 19.4 Å². The lowest BCUT2D eigenvalue weighted by Gasteiger charge is -2.31. The van der Waals surface area contributed by atoms with Crippen LogP contribution in [0.5, 0.6) is 0 Å². The number of anilines is 2. The second-order valence-corrected chi connectivity index (χ2v) is 4.31. The number of rotatable bonds is 4. The molecule has 1 fully saturated rings. The number of aromatic nitrogens is 2. The van der Waals surface area contributed by atoms with E-state index in [0.29, 0.717) is 22.7 Å². The van der Waals surface area contributed by atoms with Crippen molar-refractivity contribution in [3.05, 3.63) is 11.2 Å². The summed E-state index contributed by atoms with van der Waals surface area (Å²) in [5, 5.41) is 12.7. The van der Waals surface area contributed by atoms with Crippen LogP contribution in [0.1, 0.15) is 12.8 Å². The molecule has 1 heterocycles. The van der Waals surface area contributed by atoms with Gasteiger partial charge in [-0.2, -0.15) is 4.98 Å². The molecule has 0 atom stereocenters. The number of nitrogen functional groups attached to an aromatic ring is 1. The summed E-state index contributed by atoms with van der Waals surface area (Å²) in [6.45, 7) is 0.748. The van der Waals surface area contributed by atoms with E-state index in [4.69, 9.17) is 22.6 Å².